The predicted octanol–water partition coefficient (Wildman–Crippen LogP) is 5.10. The Labute approximate surface area is 178 Å². The molecule has 0 fully saturated rings. The van der Waals surface area contributed by atoms with Gasteiger partial charge in [0.2, 0.25) is 0 Å². The third-order valence-electron chi connectivity index (χ3n) is 6.46. The Morgan fingerprint density at radius 2 is 1.57 bits per heavy atom. The van der Waals surface area contributed by atoms with Crippen LogP contribution in [0.15, 0.2) is 71.9 Å². The summed E-state index contributed by atoms with van der Waals surface area (Å²) in [4.78, 5) is 4.08. The molecule has 1 aliphatic heterocycles. The zero-order chi connectivity index (χ0) is 20.3. The number of nitrogens with zero attached hydrogens (tertiary/aromatic N) is 1. The summed E-state index contributed by atoms with van der Waals surface area (Å²) < 4.78 is 0. The monoisotopic (exact) mass is 389 g/mol. The first kappa shape index (κ1) is 18.8. The van der Waals surface area contributed by atoms with Crippen LogP contribution in [0.4, 0.5) is 0 Å². The van der Waals surface area contributed by atoms with E-state index in [0.29, 0.717) is 0 Å². The summed E-state index contributed by atoms with van der Waals surface area (Å²) >= 11 is 0. The summed E-state index contributed by atoms with van der Waals surface area (Å²) in [5.41, 5.74) is 7.40. The van der Waals surface area contributed by atoms with Gasteiger partial charge in [0, 0.05) is 18.8 Å². The van der Waals surface area contributed by atoms with Crippen LogP contribution in [-0.2, 0) is 19.3 Å². The molecule has 0 atom stereocenters. The van der Waals surface area contributed by atoms with Crippen LogP contribution >= 0.6 is 0 Å². The van der Waals surface area contributed by atoms with Gasteiger partial charge in [0.15, 0.2) is 0 Å². The number of rotatable bonds is 0. The minimum Gasteiger partial charge on any atom is -0.269 e. The fraction of sp³-hybridized carbons (Fsp3) is 0.207. The van der Waals surface area contributed by atoms with Crippen molar-refractivity contribution in [2.24, 2.45) is 4.99 Å². The Morgan fingerprint density at radius 3 is 2.53 bits per heavy atom. The molecule has 0 unspecified atom stereocenters. The summed E-state index contributed by atoms with van der Waals surface area (Å²) in [5, 5.41) is 5.80. The zero-order valence-electron chi connectivity index (χ0n) is 17.6. The van der Waals surface area contributed by atoms with Crippen LogP contribution in [0, 0.1) is 10.4 Å². The molecule has 1 heterocycles. The quantitative estimate of drug-likeness (QED) is 0.507. The van der Waals surface area contributed by atoms with Crippen molar-refractivity contribution in [2.45, 2.75) is 39.0 Å². The molecule has 0 amide bonds. The molecule has 3 aromatic carbocycles. The molecule has 0 radical (unpaired) electrons. The lowest BCUT2D eigenvalue weighted by Crippen LogP contribution is -2.21. The normalized spacial score (nSPS) is 15.4. The van der Waals surface area contributed by atoms with Crippen molar-refractivity contribution >= 4 is 23.9 Å². The molecule has 3 aromatic rings. The van der Waals surface area contributed by atoms with Crippen molar-refractivity contribution in [3.05, 3.63) is 110 Å². The van der Waals surface area contributed by atoms with E-state index in [1.54, 1.807) is 16.7 Å². The van der Waals surface area contributed by atoms with Gasteiger partial charge in [-0.15, -0.1) is 0 Å². The highest BCUT2D eigenvalue weighted by atomic mass is 14.7. The molecule has 0 N–H and O–H groups in total. The van der Waals surface area contributed by atoms with Gasteiger partial charge in [0.25, 0.3) is 0 Å². The van der Waals surface area contributed by atoms with E-state index in [2.05, 4.69) is 78.7 Å². The minimum atomic E-state index is 0.948. The van der Waals surface area contributed by atoms with Gasteiger partial charge in [-0.3, -0.25) is 4.99 Å². The number of hydrogen-bond donors (Lipinski definition) is 0. The van der Waals surface area contributed by atoms with Crippen molar-refractivity contribution in [3.8, 4) is 0 Å². The van der Waals surface area contributed by atoms with Gasteiger partial charge < -0.3 is 0 Å². The van der Waals surface area contributed by atoms with E-state index in [4.69, 9.17) is 0 Å². The van der Waals surface area contributed by atoms with Crippen LogP contribution in [0.5, 0.6) is 0 Å². The maximum absolute atomic E-state index is 4.08. The maximum atomic E-state index is 4.08. The summed E-state index contributed by atoms with van der Waals surface area (Å²) in [5.74, 6) is 0. The van der Waals surface area contributed by atoms with Gasteiger partial charge in [-0.2, -0.15) is 0 Å². The zero-order valence-corrected chi connectivity index (χ0v) is 17.6. The molecular formula is C29H27N. The highest BCUT2D eigenvalue weighted by Gasteiger charge is 2.13. The highest BCUT2D eigenvalue weighted by molar-refractivity contribution is 5.69. The van der Waals surface area contributed by atoms with E-state index in [0.717, 1.165) is 12.8 Å². The van der Waals surface area contributed by atoms with E-state index >= 15 is 0 Å². The van der Waals surface area contributed by atoms with Crippen molar-refractivity contribution in [2.75, 3.05) is 0 Å². The van der Waals surface area contributed by atoms with Gasteiger partial charge >= 0.3 is 0 Å². The standard InChI is InChI=1S/C19H18.C10H9N/c1-13-5-4-8-17-15(13)11-12-18-16-7-3-2-6-14(16)9-10-19(17)18;1-2-4-10-6-8-11-7-5-9(10)3-1/h2-3,6-7,9,11-12H,4-5,8,10H2,1H3;1-5,7-8H,6H2. The molecule has 3 aliphatic rings. The lowest BCUT2D eigenvalue weighted by molar-refractivity contribution is 0.805. The van der Waals surface area contributed by atoms with Crippen molar-refractivity contribution in [1.82, 2.24) is 0 Å². The van der Waals surface area contributed by atoms with Crippen LogP contribution in [0.2, 0.25) is 0 Å². The Bertz CT molecular complexity index is 1370. The predicted molar refractivity (Wildman–Crippen MR) is 128 cm³/mol. The molecular weight excluding hydrogens is 362 g/mol. The largest absolute Gasteiger partial charge is 0.269 e. The lowest BCUT2D eigenvalue weighted by atomic mass is 9.86. The molecule has 0 spiro atoms. The van der Waals surface area contributed by atoms with Gasteiger partial charge in [-0.05, 0) is 81.8 Å². The van der Waals surface area contributed by atoms with Gasteiger partial charge in [-0.1, -0.05) is 72.3 Å². The Kier molecular flexibility index (Phi) is 5.19. The fourth-order valence-corrected chi connectivity index (χ4v) is 4.88. The molecule has 0 saturated carbocycles. The van der Waals surface area contributed by atoms with Crippen LogP contribution in [0.3, 0.4) is 0 Å². The summed E-state index contributed by atoms with van der Waals surface area (Å²) in [6.07, 6.45) is 14.1. The van der Waals surface area contributed by atoms with Crippen molar-refractivity contribution in [1.29, 1.82) is 0 Å². The molecule has 2 aliphatic carbocycles. The van der Waals surface area contributed by atoms with E-state index in [1.165, 1.54) is 51.3 Å². The lowest BCUT2D eigenvalue weighted by Gasteiger charge is -2.18. The maximum Gasteiger partial charge on any atom is 0.0270 e. The van der Waals surface area contributed by atoms with E-state index in [9.17, 15) is 0 Å². The van der Waals surface area contributed by atoms with E-state index in [1.807, 2.05) is 18.5 Å². The Morgan fingerprint density at radius 1 is 0.733 bits per heavy atom. The molecule has 0 saturated heterocycles. The smallest absolute Gasteiger partial charge is 0.0270 e. The van der Waals surface area contributed by atoms with Gasteiger partial charge in [0.05, 0.1) is 0 Å². The van der Waals surface area contributed by atoms with Crippen LogP contribution in [0.1, 0.15) is 42.0 Å². The molecule has 30 heavy (non-hydrogen) atoms. The Balaban J connectivity index is 0.000000149. The van der Waals surface area contributed by atoms with E-state index in [-0.39, 0.29) is 0 Å². The van der Waals surface area contributed by atoms with Gasteiger partial charge in [-0.25, -0.2) is 0 Å². The average Bonchev–Trinajstić information content (AvgIpc) is 3.05. The number of aliphatic imine (C=N–C) groups is 1. The minimum absolute atomic E-state index is 0.948. The van der Waals surface area contributed by atoms with Crippen LogP contribution in [0.25, 0.3) is 17.7 Å². The molecule has 0 bridgehead atoms. The first-order valence-corrected chi connectivity index (χ1v) is 11.0. The first-order chi connectivity index (χ1) is 14.8. The van der Waals surface area contributed by atoms with E-state index < -0.39 is 0 Å². The molecule has 6 rings (SSSR count). The van der Waals surface area contributed by atoms with Crippen LogP contribution in [-0.4, -0.2) is 6.21 Å². The second-order valence-electron chi connectivity index (χ2n) is 8.30. The molecule has 1 heteroatoms. The summed E-state index contributed by atoms with van der Waals surface area (Å²) in [7, 11) is 0. The van der Waals surface area contributed by atoms with Crippen molar-refractivity contribution in [3.63, 3.8) is 0 Å². The number of benzene rings is 3. The second-order valence-corrected chi connectivity index (χ2v) is 8.30. The number of hydrogen-bond acceptors (Lipinski definition) is 1. The molecule has 1 nitrogen and oxygen atoms in total. The summed E-state index contributed by atoms with van der Waals surface area (Å²) in [6.45, 7) is 2.30. The molecule has 0 aromatic heterocycles. The average molecular weight is 390 g/mol. The SMILES string of the molecule is C1=Cc2ccccc2CC=N1.CC1=c2ccc3c(c2CCC1)CC=c1ccccc1=3. The summed E-state index contributed by atoms with van der Waals surface area (Å²) in [6, 6.07) is 21.8. The van der Waals surface area contributed by atoms with Crippen molar-refractivity contribution < 1.29 is 0 Å². The molecule has 148 valence electrons. The van der Waals surface area contributed by atoms with Crippen LogP contribution < -0.4 is 10.4 Å². The second kappa shape index (κ2) is 8.28. The third kappa shape index (κ3) is 3.57. The fourth-order valence-electron chi connectivity index (χ4n) is 4.88. The Hall–Kier alpha value is -3.19. The first-order valence-electron chi connectivity index (χ1n) is 11.0. The van der Waals surface area contributed by atoms with Gasteiger partial charge in [0.1, 0.15) is 0 Å². The topological polar surface area (TPSA) is 12.4 Å². The third-order valence-corrected chi connectivity index (χ3v) is 6.46. The highest BCUT2D eigenvalue weighted by Crippen LogP contribution is 2.20. The number of fused-ring (bicyclic) bond motifs is 5.